The molecule has 2 aromatic rings. The average Bonchev–Trinajstić information content (AvgIpc) is 3.58. The van der Waals surface area contributed by atoms with Crippen molar-refractivity contribution < 1.29 is 13.7 Å². The van der Waals surface area contributed by atoms with Crippen LogP contribution in [0.3, 0.4) is 0 Å². The van der Waals surface area contributed by atoms with Crippen LogP contribution < -0.4 is 4.74 Å². The van der Waals surface area contributed by atoms with Gasteiger partial charge in [-0.3, -0.25) is 0 Å². The van der Waals surface area contributed by atoms with Crippen molar-refractivity contribution in [3.63, 3.8) is 0 Å². The van der Waals surface area contributed by atoms with Crippen LogP contribution in [0.25, 0.3) is 0 Å². The Kier molecular flexibility index (Phi) is 6.92. The lowest BCUT2D eigenvalue weighted by Crippen LogP contribution is -2.20. The highest BCUT2D eigenvalue weighted by molar-refractivity contribution is 7.62. The molecule has 2 aliphatic rings. The SMILES string of the molecule is Cc1ccc(F)c(C2CCC(COc3cccc([C@@H](CP(C)(C)=O)C4CC4)c3)CC2)c1. The number of hydrogen-bond acceptors (Lipinski definition) is 2. The summed E-state index contributed by atoms with van der Waals surface area (Å²) in [5.41, 5.74) is 3.30. The lowest BCUT2D eigenvalue weighted by molar-refractivity contribution is 0.199. The summed E-state index contributed by atoms with van der Waals surface area (Å²) >= 11 is 0. The molecule has 4 heteroatoms. The molecule has 0 N–H and O–H groups in total. The van der Waals surface area contributed by atoms with E-state index in [0.29, 0.717) is 23.7 Å². The summed E-state index contributed by atoms with van der Waals surface area (Å²) in [6.45, 7) is 6.56. The van der Waals surface area contributed by atoms with Crippen LogP contribution in [0.5, 0.6) is 5.75 Å². The van der Waals surface area contributed by atoms with Gasteiger partial charge in [0.1, 0.15) is 11.6 Å². The molecule has 2 saturated carbocycles. The van der Waals surface area contributed by atoms with Gasteiger partial charge in [0.15, 0.2) is 0 Å². The van der Waals surface area contributed by atoms with Crippen LogP contribution in [0.2, 0.25) is 0 Å². The molecule has 0 bridgehead atoms. The normalized spacial score (nSPS) is 22.8. The lowest BCUT2D eigenvalue weighted by Gasteiger charge is -2.29. The molecule has 2 aromatic carbocycles. The first kappa shape index (κ1) is 22.6. The largest absolute Gasteiger partial charge is 0.493 e. The molecule has 2 fully saturated rings. The third-order valence-electron chi connectivity index (χ3n) is 7.04. The molecule has 1 atom stereocenters. The average molecular weight is 443 g/mol. The molecule has 168 valence electrons. The standard InChI is InChI=1S/C27H36FO2P/c1-19-7-14-27(28)25(15-19)21-10-8-20(9-11-21)17-30-24-6-4-5-23(16-24)26(22-12-13-22)18-31(2,3)29/h4-7,14-16,20-22,26H,8-13,17-18H2,1-3H3/t20?,21?,26-/m0/s1. The van der Waals surface area contributed by atoms with Gasteiger partial charge in [0.25, 0.3) is 0 Å². The molecule has 0 aromatic heterocycles. The van der Waals surface area contributed by atoms with Crippen molar-refractivity contribution in [3.8, 4) is 5.75 Å². The zero-order valence-corrected chi connectivity index (χ0v) is 20.0. The minimum absolute atomic E-state index is 0.0592. The molecule has 4 rings (SSSR count). The van der Waals surface area contributed by atoms with Crippen LogP contribution in [0.1, 0.15) is 67.1 Å². The van der Waals surface area contributed by atoms with E-state index < -0.39 is 7.14 Å². The lowest BCUT2D eigenvalue weighted by atomic mass is 9.78. The fourth-order valence-electron chi connectivity index (χ4n) is 5.16. The van der Waals surface area contributed by atoms with E-state index in [4.69, 9.17) is 4.74 Å². The summed E-state index contributed by atoms with van der Waals surface area (Å²) in [7, 11) is -2.06. The maximum absolute atomic E-state index is 14.2. The second-order valence-electron chi connectivity index (χ2n) is 10.3. The molecule has 0 radical (unpaired) electrons. The smallest absolute Gasteiger partial charge is 0.126 e. The van der Waals surface area contributed by atoms with Crippen molar-refractivity contribution >= 4 is 7.14 Å². The van der Waals surface area contributed by atoms with Gasteiger partial charge in [-0.05, 0) is 112 Å². The maximum Gasteiger partial charge on any atom is 0.126 e. The van der Waals surface area contributed by atoms with Crippen LogP contribution in [0.4, 0.5) is 4.39 Å². The maximum atomic E-state index is 14.2. The third-order valence-corrected chi connectivity index (χ3v) is 8.31. The molecule has 0 unspecified atom stereocenters. The van der Waals surface area contributed by atoms with E-state index in [1.165, 1.54) is 18.4 Å². The van der Waals surface area contributed by atoms with Crippen molar-refractivity contribution in [3.05, 3.63) is 65.0 Å². The van der Waals surface area contributed by atoms with E-state index >= 15 is 0 Å². The van der Waals surface area contributed by atoms with E-state index in [9.17, 15) is 8.96 Å². The molecular formula is C27H36FO2P. The van der Waals surface area contributed by atoms with Gasteiger partial charge < -0.3 is 9.30 Å². The molecule has 0 aliphatic heterocycles. The first-order valence-electron chi connectivity index (χ1n) is 11.8. The summed E-state index contributed by atoms with van der Waals surface area (Å²) in [6.07, 6.45) is 7.51. The molecule has 31 heavy (non-hydrogen) atoms. The summed E-state index contributed by atoms with van der Waals surface area (Å²) in [5, 5.41) is 0. The van der Waals surface area contributed by atoms with Crippen LogP contribution in [0, 0.1) is 24.6 Å². The van der Waals surface area contributed by atoms with Crippen molar-refractivity contribution in [1.82, 2.24) is 0 Å². The Morgan fingerprint density at radius 2 is 1.77 bits per heavy atom. The number of benzene rings is 2. The summed E-state index contributed by atoms with van der Waals surface area (Å²) in [6, 6.07) is 13.9. The topological polar surface area (TPSA) is 26.3 Å². The summed E-state index contributed by atoms with van der Waals surface area (Å²) < 4.78 is 32.9. The van der Waals surface area contributed by atoms with Gasteiger partial charge in [-0.15, -0.1) is 0 Å². The Labute approximate surface area is 187 Å². The van der Waals surface area contributed by atoms with Crippen molar-refractivity contribution in [2.75, 3.05) is 26.1 Å². The molecule has 0 heterocycles. The first-order valence-corrected chi connectivity index (χ1v) is 14.6. The fraction of sp³-hybridized carbons (Fsp3) is 0.556. The van der Waals surface area contributed by atoms with Gasteiger partial charge in [-0.25, -0.2) is 4.39 Å². The van der Waals surface area contributed by atoms with E-state index in [-0.39, 0.29) is 5.82 Å². The Hall–Kier alpha value is -1.60. The Morgan fingerprint density at radius 1 is 1.03 bits per heavy atom. The van der Waals surface area contributed by atoms with E-state index in [1.54, 1.807) is 6.07 Å². The minimum atomic E-state index is -2.06. The molecule has 2 nitrogen and oxygen atoms in total. The number of aryl methyl sites for hydroxylation is 1. The van der Waals surface area contributed by atoms with Gasteiger partial charge in [-0.1, -0.05) is 29.8 Å². The predicted molar refractivity (Wildman–Crippen MR) is 128 cm³/mol. The predicted octanol–water partition coefficient (Wildman–Crippen LogP) is 7.60. The fourth-order valence-corrected chi connectivity index (χ4v) is 6.62. The summed E-state index contributed by atoms with van der Waals surface area (Å²) in [5.74, 6) is 2.80. The highest BCUT2D eigenvalue weighted by atomic mass is 31.2. The van der Waals surface area contributed by atoms with Crippen LogP contribution in [-0.2, 0) is 4.57 Å². The van der Waals surface area contributed by atoms with E-state index in [0.717, 1.165) is 55.3 Å². The second-order valence-corrected chi connectivity index (χ2v) is 13.8. The van der Waals surface area contributed by atoms with Crippen molar-refractivity contribution in [2.24, 2.45) is 11.8 Å². The zero-order valence-electron chi connectivity index (χ0n) is 19.1. The van der Waals surface area contributed by atoms with Crippen LogP contribution >= 0.6 is 7.14 Å². The van der Waals surface area contributed by atoms with Gasteiger partial charge in [0.2, 0.25) is 0 Å². The van der Waals surface area contributed by atoms with E-state index in [1.807, 2.05) is 38.5 Å². The highest BCUT2D eigenvalue weighted by Crippen LogP contribution is 2.51. The van der Waals surface area contributed by atoms with Crippen molar-refractivity contribution in [1.29, 1.82) is 0 Å². The monoisotopic (exact) mass is 442 g/mol. The molecule has 0 saturated heterocycles. The molecule has 2 aliphatic carbocycles. The van der Waals surface area contributed by atoms with Gasteiger partial charge >= 0.3 is 0 Å². The Bertz CT molecular complexity index is 938. The van der Waals surface area contributed by atoms with Crippen LogP contribution in [0.15, 0.2) is 42.5 Å². The first-order chi connectivity index (χ1) is 14.8. The van der Waals surface area contributed by atoms with Gasteiger partial charge in [0.05, 0.1) is 13.7 Å². The third kappa shape index (κ3) is 6.22. The number of hydrogen-bond donors (Lipinski definition) is 0. The number of ether oxygens (including phenoxy) is 1. The van der Waals surface area contributed by atoms with E-state index in [2.05, 4.69) is 18.2 Å². The number of halogens is 1. The van der Waals surface area contributed by atoms with Gasteiger partial charge in [-0.2, -0.15) is 0 Å². The number of rotatable bonds is 8. The molecule has 0 amide bonds. The van der Waals surface area contributed by atoms with Crippen molar-refractivity contribution in [2.45, 2.75) is 57.3 Å². The zero-order chi connectivity index (χ0) is 22.0. The molecule has 0 spiro atoms. The Morgan fingerprint density at radius 3 is 2.45 bits per heavy atom. The second kappa shape index (κ2) is 9.49. The minimum Gasteiger partial charge on any atom is -0.493 e. The highest BCUT2D eigenvalue weighted by Gasteiger charge is 2.35. The van der Waals surface area contributed by atoms with Crippen LogP contribution in [-0.4, -0.2) is 26.1 Å². The molecular weight excluding hydrogens is 406 g/mol. The summed E-state index contributed by atoms with van der Waals surface area (Å²) in [4.78, 5) is 0. The van der Waals surface area contributed by atoms with Gasteiger partial charge in [0, 0.05) is 6.16 Å². The quantitative estimate of drug-likeness (QED) is 0.393. The Balaban J connectivity index is 1.32.